The van der Waals surface area contributed by atoms with Crippen molar-refractivity contribution >= 4 is 6.08 Å². The molecule has 1 aliphatic heterocycles. The normalized spacial score (nSPS) is 20.5. The van der Waals surface area contributed by atoms with Crippen LogP contribution in [0.15, 0.2) is 35.9 Å². The van der Waals surface area contributed by atoms with E-state index in [1.165, 1.54) is 24.0 Å². The fourth-order valence-corrected chi connectivity index (χ4v) is 1.58. The standard InChI is InChI=1S/C12H14O/c1-2-5-11(6-3-1)9-12-7-4-8-13-10-12/h1-3,5-6,9H,4,7-8,10H2/b12-9+. The summed E-state index contributed by atoms with van der Waals surface area (Å²) in [6.45, 7) is 1.74. The van der Waals surface area contributed by atoms with Crippen molar-refractivity contribution in [3.8, 4) is 0 Å². The molecule has 13 heavy (non-hydrogen) atoms. The van der Waals surface area contributed by atoms with E-state index in [0.717, 1.165) is 13.2 Å². The van der Waals surface area contributed by atoms with Crippen LogP contribution in [0.1, 0.15) is 18.4 Å². The Kier molecular flexibility index (Phi) is 2.78. The van der Waals surface area contributed by atoms with Crippen molar-refractivity contribution in [3.05, 3.63) is 41.5 Å². The molecule has 0 saturated carbocycles. The zero-order valence-electron chi connectivity index (χ0n) is 7.70. The first-order valence-electron chi connectivity index (χ1n) is 4.77. The lowest BCUT2D eigenvalue weighted by atomic mass is 10.1. The van der Waals surface area contributed by atoms with Gasteiger partial charge in [0.05, 0.1) is 6.61 Å². The fourth-order valence-electron chi connectivity index (χ4n) is 1.58. The van der Waals surface area contributed by atoms with Gasteiger partial charge in [0.2, 0.25) is 0 Å². The average molecular weight is 174 g/mol. The Morgan fingerprint density at radius 2 is 2.00 bits per heavy atom. The van der Waals surface area contributed by atoms with Gasteiger partial charge in [0, 0.05) is 6.61 Å². The lowest BCUT2D eigenvalue weighted by Crippen LogP contribution is -2.07. The monoisotopic (exact) mass is 174 g/mol. The Balaban J connectivity index is 2.10. The second-order valence-corrected chi connectivity index (χ2v) is 3.37. The maximum atomic E-state index is 5.39. The van der Waals surface area contributed by atoms with Crippen molar-refractivity contribution in [1.82, 2.24) is 0 Å². The molecule has 1 aromatic rings. The second-order valence-electron chi connectivity index (χ2n) is 3.37. The van der Waals surface area contributed by atoms with Crippen LogP contribution < -0.4 is 0 Å². The summed E-state index contributed by atoms with van der Waals surface area (Å²) in [7, 11) is 0. The molecular weight excluding hydrogens is 160 g/mol. The summed E-state index contributed by atoms with van der Waals surface area (Å²) < 4.78 is 5.39. The quantitative estimate of drug-likeness (QED) is 0.636. The van der Waals surface area contributed by atoms with Crippen LogP contribution in [0.3, 0.4) is 0 Å². The van der Waals surface area contributed by atoms with Gasteiger partial charge in [-0.25, -0.2) is 0 Å². The van der Waals surface area contributed by atoms with Crippen molar-refractivity contribution in [1.29, 1.82) is 0 Å². The lowest BCUT2D eigenvalue weighted by Gasteiger charge is -2.14. The molecule has 1 nitrogen and oxygen atoms in total. The van der Waals surface area contributed by atoms with E-state index >= 15 is 0 Å². The summed E-state index contributed by atoms with van der Waals surface area (Å²) in [5, 5.41) is 0. The maximum absolute atomic E-state index is 5.39. The third-order valence-corrected chi connectivity index (χ3v) is 2.24. The molecule has 2 rings (SSSR count). The summed E-state index contributed by atoms with van der Waals surface area (Å²) in [5.74, 6) is 0. The first-order chi connectivity index (χ1) is 6.45. The zero-order valence-corrected chi connectivity index (χ0v) is 7.70. The minimum Gasteiger partial charge on any atom is -0.377 e. The molecule has 1 aromatic carbocycles. The summed E-state index contributed by atoms with van der Waals surface area (Å²) in [6, 6.07) is 10.4. The van der Waals surface area contributed by atoms with Gasteiger partial charge in [-0.05, 0) is 24.0 Å². The minimum absolute atomic E-state index is 0.814. The van der Waals surface area contributed by atoms with E-state index < -0.39 is 0 Å². The van der Waals surface area contributed by atoms with Crippen LogP contribution in [0, 0.1) is 0 Å². The molecule has 0 aromatic heterocycles. The molecule has 68 valence electrons. The molecule has 0 spiro atoms. The highest BCUT2D eigenvalue weighted by Crippen LogP contribution is 2.15. The van der Waals surface area contributed by atoms with E-state index in [0.29, 0.717) is 0 Å². The Morgan fingerprint density at radius 3 is 2.69 bits per heavy atom. The van der Waals surface area contributed by atoms with Crippen LogP contribution in [0.4, 0.5) is 0 Å². The molecule has 0 N–H and O–H groups in total. The first kappa shape index (κ1) is 8.52. The summed E-state index contributed by atoms with van der Waals surface area (Å²) >= 11 is 0. The molecule has 1 heteroatoms. The van der Waals surface area contributed by atoms with Gasteiger partial charge in [0.15, 0.2) is 0 Å². The van der Waals surface area contributed by atoms with Crippen molar-refractivity contribution in [2.75, 3.05) is 13.2 Å². The van der Waals surface area contributed by atoms with Crippen LogP contribution >= 0.6 is 0 Å². The predicted molar refractivity (Wildman–Crippen MR) is 54.5 cm³/mol. The van der Waals surface area contributed by atoms with E-state index in [1.54, 1.807) is 0 Å². The molecule has 0 aliphatic carbocycles. The smallest absolute Gasteiger partial charge is 0.0680 e. The molecule has 1 fully saturated rings. The third kappa shape index (κ3) is 2.43. The molecular formula is C12H14O. The first-order valence-corrected chi connectivity index (χ1v) is 4.77. The Hall–Kier alpha value is -1.08. The number of ether oxygens (including phenoxy) is 1. The SMILES string of the molecule is C(=C1/CCCOC1)/c1ccccc1. The van der Waals surface area contributed by atoms with Crippen LogP contribution in [-0.4, -0.2) is 13.2 Å². The van der Waals surface area contributed by atoms with Gasteiger partial charge in [0.25, 0.3) is 0 Å². The van der Waals surface area contributed by atoms with Gasteiger partial charge in [-0.3, -0.25) is 0 Å². The van der Waals surface area contributed by atoms with Crippen LogP contribution in [-0.2, 0) is 4.74 Å². The van der Waals surface area contributed by atoms with Gasteiger partial charge >= 0.3 is 0 Å². The van der Waals surface area contributed by atoms with E-state index in [9.17, 15) is 0 Å². The number of benzene rings is 1. The van der Waals surface area contributed by atoms with Crippen molar-refractivity contribution in [2.24, 2.45) is 0 Å². The lowest BCUT2D eigenvalue weighted by molar-refractivity contribution is 0.131. The molecule has 0 amide bonds. The van der Waals surface area contributed by atoms with Gasteiger partial charge in [0.1, 0.15) is 0 Å². The van der Waals surface area contributed by atoms with Gasteiger partial charge < -0.3 is 4.74 Å². The summed E-state index contributed by atoms with van der Waals surface area (Å²) in [6.07, 6.45) is 4.59. The highest BCUT2D eigenvalue weighted by Gasteiger charge is 2.04. The Morgan fingerprint density at radius 1 is 1.15 bits per heavy atom. The molecule has 1 saturated heterocycles. The van der Waals surface area contributed by atoms with Crippen LogP contribution in [0.5, 0.6) is 0 Å². The topological polar surface area (TPSA) is 9.23 Å². The second kappa shape index (κ2) is 4.24. The molecule has 0 radical (unpaired) electrons. The van der Waals surface area contributed by atoms with E-state index in [4.69, 9.17) is 4.74 Å². The molecule has 1 heterocycles. The molecule has 1 aliphatic rings. The van der Waals surface area contributed by atoms with E-state index in [2.05, 4.69) is 30.3 Å². The molecule has 0 bridgehead atoms. The Labute approximate surface area is 79.0 Å². The third-order valence-electron chi connectivity index (χ3n) is 2.24. The average Bonchev–Trinajstić information content (AvgIpc) is 2.21. The summed E-state index contributed by atoms with van der Waals surface area (Å²) in [5.41, 5.74) is 2.69. The largest absolute Gasteiger partial charge is 0.377 e. The number of hydrogen-bond acceptors (Lipinski definition) is 1. The number of rotatable bonds is 1. The molecule has 0 atom stereocenters. The van der Waals surface area contributed by atoms with E-state index in [1.807, 2.05) is 6.07 Å². The van der Waals surface area contributed by atoms with Crippen molar-refractivity contribution < 1.29 is 4.74 Å². The van der Waals surface area contributed by atoms with Gasteiger partial charge in [-0.1, -0.05) is 36.4 Å². The number of hydrogen-bond donors (Lipinski definition) is 0. The minimum atomic E-state index is 0.814. The fraction of sp³-hybridized carbons (Fsp3) is 0.333. The van der Waals surface area contributed by atoms with Crippen molar-refractivity contribution in [3.63, 3.8) is 0 Å². The highest BCUT2D eigenvalue weighted by atomic mass is 16.5. The van der Waals surface area contributed by atoms with E-state index in [-0.39, 0.29) is 0 Å². The highest BCUT2D eigenvalue weighted by molar-refractivity contribution is 5.52. The van der Waals surface area contributed by atoms with Gasteiger partial charge in [-0.2, -0.15) is 0 Å². The molecule has 0 unspecified atom stereocenters. The van der Waals surface area contributed by atoms with Gasteiger partial charge in [-0.15, -0.1) is 0 Å². The zero-order chi connectivity index (χ0) is 8.93. The predicted octanol–water partition coefficient (Wildman–Crippen LogP) is 2.88. The van der Waals surface area contributed by atoms with Crippen LogP contribution in [0.25, 0.3) is 6.08 Å². The van der Waals surface area contributed by atoms with Crippen molar-refractivity contribution in [2.45, 2.75) is 12.8 Å². The Bertz CT molecular complexity index is 279. The maximum Gasteiger partial charge on any atom is 0.0680 e. The van der Waals surface area contributed by atoms with Crippen LogP contribution in [0.2, 0.25) is 0 Å². The summed E-state index contributed by atoms with van der Waals surface area (Å²) in [4.78, 5) is 0.